The van der Waals surface area contributed by atoms with Crippen molar-refractivity contribution in [3.63, 3.8) is 0 Å². The van der Waals surface area contributed by atoms with E-state index in [-0.39, 0.29) is 6.04 Å². The van der Waals surface area contributed by atoms with Crippen LogP contribution in [0, 0.1) is 6.92 Å². The predicted molar refractivity (Wildman–Crippen MR) is 79.2 cm³/mol. The van der Waals surface area contributed by atoms with Crippen molar-refractivity contribution in [2.45, 2.75) is 13.0 Å². The summed E-state index contributed by atoms with van der Waals surface area (Å²) in [6.07, 6.45) is 0. The number of thiophene rings is 1. The van der Waals surface area contributed by atoms with Gasteiger partial charge in [0.25, 0.3) is 0 Å². The van der Waals surface area contributed by atoms with E-state index in [0.29, 0.717) is 5.02 Å². The number of hydrogen-bond acceptors (Lipinski definition) is 2. The van der Waals surface area contributed by atoms with E-state index in [1.165, 1.54) is 11.3 Å². The first kappa shape index (κ1) is 13.4. The average Bonchev–Trinajstić information content (AvgIpc) is 2.58. The molecule has 0 bridgehead atoms. The van der Waals surface area contributed by atoms with Crippen molar-refractivity contribution >= 4 is 50.5 Å². The number of benzene rings is 1. The molecule has 1 atom stereocenters. The second-order valence-corrected chi connectivity index (χ2v) is 6.76. The monoisotopic (exact) mass is 349 g/mol. The standard InChI is InChI=1S/C12H10BrCl2NS/c1-6-4-10(17-12(6)15)11(16)8-3-2-7(13)5-9(8)14/h2-5,11H,16H2,1H3. The molecule has 1 heterocycles. The van der Waals surface area contributed by atoms with Crippen molar-refractivity contribution in [2.75, 3.05) is 0 Å². The van der Waals surface area contributed by atoms with Gasteiger partial charge in [-0.05, 0) is 36.2 Å². The SMILES string of the molecule is Cc1cc(C(N)c2ccc(Br)cc2Cl)sc1Cl. The van der Waals surface area contributed by atoms with Gasteiger partial charge in [0.15, 0.2) is 0 Å². The first-order valence-corrected chi connectivity index (χ1v) is 7.32. The number of rotatable bonds is 2. The van der Waals surface area contributed by atoms with Gasteiger partial charge in [-0.25, -0.2) is 0 Å². The topological polar surface area (TPSA) is 26.0 Å². The highest BCUT2D eigenvalue weighted by molar-refractivity contribution is 9.10. The third-order valence-corrected chi connectivity index (χ3v) is 4.94. The second kappa shape index (κ2) is 5.29. The Morgan fingerprint density at radius 2 is 2.00 bits per heavy atom. The Balaban J connectivity index is 2.39. The van der Waals surface area contributed by atoms with Crippen LogP contribution >= 0.6 is 50.5 Å². The first-order valence-electron chi connectivity index (χ1n) is 4.95. The van der Waals surface area contributed by atoms with Crippen molar-refractivity contribution in [1.82, 2.24) is 0 Å². The lowest BCUT2D eigenvalue weighted by atomic mass is 10.1. The van der Waals surface area contributed by atoms with Crippen LogP contribution in [-0.4, -0.2) is 0 Å². The minimum atomic E-state index is -0.230. The van der Waals surface area contributed by atoms with Gasteiger partial charge in [-0.1, -0.05) is 45.2 Å². The molecule has 2 rings (SSSR count). The summed E-state index contributed by atoms with van der Waals surface area (Å²) in [5, 5.41) is 0.661. The van der Waals surface area contributed by atoms with E-state index in [4.69, 9.17) is 28.9 Å². The molecule has 1 nitrogen and oxygen atoms in total. The molecular weight excluding hydrogens is 341 g/mol. The molecule has 2 aromatic rings. The summed E-state index contributed by atoms with van der Waals surface area (Å²) in [6, 6.07) is 7.49. The molecule has 0 saturated heterocycles. The molecule has 5 heteroatoms. The van der Waals surface area contributed by atoms with E-state index in [1.807, 2.05) is 31.2 Å². The van der Waals surface area contributed by atoms with Crippen LogP contribution in [0.15, 0.2) is 28.7 Å². The molecule has 0 aliphatic rings. The zero-order valence-electron chi connectivity index (χ0n) is 9.01. The highest BCUT2D eigenvalue weighted by atomic mass is 79.9. The maximum atomic E-state index is 6.20. The van der Waals surface area contributed by atoms with Crippen LogP contribution in [0.2, 0.25) is 9.36 Å². The number of halogens is 3. The Bertz CT molecular complexity index is 534. The molecule has 0 aliphatic carbocycles. The lowest BCUT2D eigenvalue weighted by Gasteiger charge is -2.12. The van der Waals surface area contributed by atoms with Crippen molar-refractivity contribution in [3.05, 3.63) is 54.1 Å². The van der Waals surface area contributed by atoms with Gasteiger partial charge >= 0.3 is 0 Å². The Kier molecular flexibility index (Phi) is 4.16. The molecular formula is C12H10BrCl2NS. The van der Waals surface area contributed by atoms with Crippen LogP contribution < -0.4 is 5.73 Å². The Morgan fingerprint density at radius 3 is 2.53 bits per heavy atom. The molecule has 0 amide bonds. The van der Waals surface area contributed by atoms with Gasteiger partial charge in [0.2, 0.25) is 0 Å². The second-order valence-electron chi connectivity index (χ2n) is 3.75. The molecule has 17 heavy (non-hydrogen) atoms. The van der Waals surface area contributed by atoms with Crippen molar-refractivity contribution in [3.8, 4) is 0 Å². The molecule has 0 saturated carbocycles. The molecule has 2 N–H and O–H groups in total. The minimum Gasteiger partial charge on any atom is -0.320 e. The molecule has 1 aromatic heterocycles. The Hall–Kier alpha value is -0.0600. The van der Waals surface area contributed by atoms with Gasteiger partial charge < -0.3 is 5.73 Å². The summed E-state index contributed by atoms with van der Waals surface area (Å²) in [5.41, 5.74) is 8.16. The van der Waals surface area contributed by atoms with Gasteiger partial charge in [-0.15, -0.1) is 11.3 Å². The van der Waals surface area contributed by atoms with Crippen LogP contribution in [0.25, 0.3) is 0 Å². The van der Waals surface area contributed by atoms with Crippen LogP contribution in [0.4, 0.5) is 0 Å². The fraction of sp³-hybridized carbons (Fsp3) is 0.167. The molecule has 1 unspecified atom stereocenters. The molecule has 0 radical (unpaired) electrons. The maximum absolute atomic E-state index is 6.20. The summed E-state index contributed by atoms with van der Waals surface area (Å²) in [6.45, 7) is 1.97. The van der Waals surface area contributed by atoms with Gasteiger partial charge in [0.1, 0.15) is 0 Å². The fourth-order valence-electron chi connectivity index (χ4n) is 1.54. The van der Waals surface area contributed by atoms with Crippen LogP contribution in [-0.2, 0) is 0 Å². The summed E-state index contributed by atoms with van der Waals surface area (Å²) in [4.78, 5) is 1.02. The molecule has 0 spiro atoms. The van der Waals surface area contributed by atoms with Crippen LogP contribution in [0.1, 0.15) is 22.0 Å². The number of aryl methyl sites for hydroxylation is 1. The van der Waals surface area contributed by atoms with Gasteiger partial charge in [0.05, 0.1) is 10.4 Å². The quantitative estimate of drug-likeness (QED) is 0.793. The summed E-state index contributed by atoms with van der Waals surface area (Å²) < 4.78 is 1.72. The lowest BCUT2D eigenvalue weighted by molar-refractivity contribution is 0.892. The molecule has 0 fully saturated rings. The summed E-state index contributed by atoms with van der Waals surface area (Å²) in [7, 11) is 0. The third-order valence-electron chi connectivity index (χ3n) is 2.48. The summed E-state index contributed by atoms with van der Waals surface area (Å²) in [5.74, 6) is 0. The third kappa shape index (κ3) is 2.85. The predicted octanol–water partition coefficient (Wildman–Crippen LogP) is 5.17. The maximum Gasteiger partial charge on any atom is 0.0961 e. The minimum absolute atomic E-state index is 0.230. The fourth-order valence-corrected chi connectivity index (χ4v) is 3.57. The highest BCUT2D eigenvalue weighted by Crippen LogP contribution is 2.35. The number of nitrogens with two attached hydrogens (primary N) is 1. The van der Waals surface area contributed by atoms with Gasteiger partial charge in [0, 0.05) is 14.4 Å². The number of hydrogen-bond donors (Lipinski definition) is 1. The van der Waals surface area contributed by atoms with Crippen LogP contribution in [0.3, 0.4) is 0 Å². The van der Waals surface area contributed by atoms with Crippen molar-refractivity contribution < 1.29 is 0 Å². The van der Waals surface area contributed by atoms with E-state index >= 15 is 0 Å². The van der Waals surface area contributed by atoms with E-state index in [0.717, 1.165) is 24.8 Å². The molecule has 0 aliphatic heterocycles. The Labute approximate surface area is 123 Å². The van der Waals surface area contributed by atoms with E-state index in [2.05, 4.69) is 15.9 Å². The zero-order chi connectivity index (χ0) is 12.6. The smallest absolute Gasteiger partial charge is 0.0961 e. The van der Waals surface area contributed by atoms with Crippen LogP contribution in [0.5, 0.6) is 0 Å². The largest absolute Gasteiger partial charge is 0.320 e. The lowest BCUT2D eigenvalue weighted by Crippen LogP contribution is -2.10. The van der Waals surface area contributed by atoms with E-state index < -0.39 is 0 Å². The molecule has 1 aromatic carbocycles. The Morgan fingerprint density at radius 1 is 1.29 bits per heavy atom. The highest BCUT2D eigenvalue weighted by Gasteiger charge is 2.16. The van der Waals surface area contributed by atoms with Gasteiger partial charge in [-0.3, -0.25) is 0 Å². The average molecular weight is 351 g/mol. The van der Waals surface area contributed by atoms with E-state index in [1.54, 1.807) is 0 Å². The van der Waals surface area contributed by atoms with Gasteiger partial charge in [-0.2, -0.15) is 0 Å². The summed E-state index contributed by atoms with van der Waals surface area (Å²) >= 11 is 17.1. The molecule has 90 valence electrons. The zero-order valence-corrected chi connectivity index (χ0v) is 12.9. The van der Waals surface area contributed by atoms with Crippen molar-refractivity contribution in [1.29, 1.82) is 0 Å². The van der Waals surface area contributed by atoms with E-state index in [9.17, 15) is 0 Å². The first-order chi connectivity index (χ1) is 7.99. The normalized spacial score (nSPS) is 12.8. The van der Waals surface area contributed by atoms with Crippen molar-refractivity contribution in [2.24, 2.45) is 5.73 Å².